The molecule has 16 nitrogen and oxygen atoms in total. The Bertz CT molecular complexity index is 3810. The molecule has 20 bridgehead atoms. The van der Waals surface area contributed by atoms with Crippen molar-refractivity contribution in [2.45, 2.75) is 158 Å². The Morgan fingerprint density at radius 3 is 0.673 bits per heavy atom. The number of hydrogen-bond acceptors (Lipinski definition) is 14. The lowest BCUT2D eigenvalue weighted by Gasteiger charge is -2.24. The Morgan fingerprint density at radius 2 is 0.469 bits per heavy atom. The van der Waals surface area contributed by atoms with E-state index in [1.165, 1.54) is 0 Å². The molecule has 2 aliphatic carbocycles. The standard InChI is InChI=1S/C82H92N4O12/c1-9-23-91-75-55-19-17-20-56(75)36-64-44-72-46-66(80(64)96-28-14-6)38-58-22-18-21-57(76(58)92-24-10-2)37-65-45-71(43-63(35-55)79(65)95-27-13-5)83-51-53-31-59-39-67-47-73(85(87)88)49-69(81(67)97-29-15-7)41-61-33-54(52-84-72)34-62(78(61)94-26-12-4)42-70-50-74(86(89)90)48-68(82(70)98-30-16-8)40-60(32-53)77(59)93-25-11-3/h17-22,31-34,43-52H,9-16,23-30,35-42H2,1-8H3. The molecule has 8 aromatic carbocycles. The fourth-order valence-corrected chi connectivity index (χ4v) is 13.5. The third kappa shape index (κ3) is 16.3. The molecule has 8 aromatic rings. The van der Waals surface area contributed by atoms with Crippen molar-refractivity contribution in [1.29, 1.82) is 0 Å². The summed E-state index contributed by atoms with van der Waals surface area (Å²) >= 11 is 0. The summed E-state index contributed by atoms with van der Waals surface area (Å²) in [6.45, 7) is 20.0. The van der Waals surface area contributed by atoms with Crippen LogP contribution in [0.3, 0.4) is 0 Å². The van der Waals surface area contributed by atoms with Crippen LogP contribution >= 0.6 is 0 Å². The van der Waals surface area contributed by atoms with E-state index >= 15 is 0 Å². The summed E-state index contributed by atoms with van der Waals surface area (Å²) in [6, 6.07) is 36.0. The summed E-state index contributed by atoms with van der Waals surface area (Å²) in [7, 11) is 0. The number of nitro groups is 2. The van der Waals surface area contributed by atoms with Gasteiger partial charge in [-0.05, 0) is 156 Å². The first-order chi connectivity index (χ1) is 47.8. The molecule has 12 rings (SSSR count). The zero-order valence-corrected chi connectivity index (χ0v) is 58.2. The molecule has 0 unspecified atom stereocenters. The van der Waals surface area contributed by atoms with Crippen molar-refractivity contribution in [3.63, 3.8) is 0 Å². The van der Waals surface area contributed by atoms with E-state index in [2.05, 4.69) is 88.4 Å². The van der Waals surface area contributed by atoms with E-state index in [0.29, 0.717) is 194 Å². The molecule has 2 heterocycles. The minimum atomic E-state index is -0.344. The van der Waals surface area contributed by atoms with Crippen molar-refractivity contribution >= 4 is 35.2 Å². The molecule has 0 aromatic heterocycles. The normalized spacial score (nSPS) is 12.9. The molecule has 512 valence electrons. The first kappa shape index (κ1) is 69.6. The van der Waals surface area contributed by atoms with Crippen molar-refractivity contribution in [2.75, 3.05) is 52.9 Å². The van der Waals surface area contributed by atoms with Crippen molar-refractivity contribution in [3.8, 4) is 46.0 Å². The molecule has 0 amide bonds. The van der Waals surface area contributed by atoms with Gasteiger partial charge in [-0.2, -0.15) is 0 Å². The van der Waals surface area contributed by atoms with E-state index in [1.807, 2.05) is 64.4 Å². The van der Waals surface area contributed by atoms with Crippen molar-refractivity contribution in [2.24, 2.45) is 9.98 Å². The van der Waals surface area contributed by atoms with Crippen LogP contribution in [0.25, 0.3) is 0 Å². The zero-order chi connectivity index (χ0) is 68.7. The lowest BCUT2D eigenvalue weighted by atomic mass is 9.89. The highest BCUT2D eigenvalue weighted by Gasteiger charge is 2.29. The number of non-ortho nitro benzene ring substituents is 2. The van der Waals surface area contributed by atoms with Crippen LogP contribution in [0.5, 0.6) is 46.0 Å². The topological polar surface area (TPSA) is 185 Å². The molecule has 0 atom stereocenters. The Balaban J connectivity index is 1.32. The maximum atomic E-state index is 13.4. The van der Waals surface area contributed by atoms with Crippen LogP contribution in [0.15, 0.2) is 119 Å². The third-order valence-electron chi connectivity index (χ3n) is 17.6. The van der Waals surface area contributed by atoms with Gasteiger partial charge in [-0.15, -0.1) is 0 Å². The summed E-state index contributed by atoms with van der Waals surface area (Å²) in [5.74, 6) is 5.36. The van der Waals surface area contributed by atoms with Gasteiger partial charge in [0, 0.05) is 133 Å². The highest BCUT2D eigenvalue weighted by atomic mass is 16.6. The second-order valence-corrected chi connectivity index (χ2v) is 25.8. The predicted molar refractivity (Wildman–Crippen MR) is 388 cm³/mol. The molecule has 0 saturated heterocycles. The minimum Gasteiger partial charge on any atom is -0.493 e. The van der Waals surface area contributed by atoms with Gasteiger partial charge in [0.15, 0.2) is 0 Å². The van der Waals surface area contributed by atoms with Gasteiger partial charge in [0.1, 0.15) is 46.0 Å². The number of benzene rings is 8. The second kappa shape index (κ2) is 33.0. The van der Waals surface area contributed by atoms with Gasteiger partial charge in [0.25, 0.3) is 11.4 Å². The molecule has 0 spiro atoms. The Morgan fingerprint density at radius 1 is 0.286 bits per heavy atom. The highest BCUT2D eigenvalue weighted by molar-refractivity contribution is 5.85. The largest absolute Gasteiger partial charge is 0.493 e. The maximum absolute atomic E-state index is 13.4. The summed E-state index contributed by atoms with van der Waals surface area (Å²) in [5.41, 5.74) is 15.5. The summed E-state index contributed by atoms with van der Waals surface area (Å²) in [6.07, 6.45) is 11.9. The van der Waals surface area contributed by atoms with Gasteiger partial charge in [0.05, 0.1) is 74.1 Å². The predicted octanol–water partition coefficient (Wildman–Crippen LogP) is 19.0. The number of rotatable bonds is 26. The molecular formula is C82H92N4O12. The quantitative estimate of drug-likeness (QED) is 0.0370. The fraction of sp³-hybridized carbons (Fsp3) is 0.390. The van der Waals surface area contributed by atoms with Crippen LogP contribution in [0, 0.1) is 20.2 Å². The van der Waals surface area contributed by atoms with Crippen molar-refractivity contribution in [3.05, 3.63) is 230 Å². The van der Waals surface area contributed by atoms with E-state index in [1.54, 1.807) is 24.3 Å². The van der Waals surface area contributed by atoms with Crippen molar-refractivity contribution < 1.29 is 47.7 Å². The van der Waals surface area contributed by atoms with E-state index in [9.17, 15) is 20.2 Å². The van der Waals surface area contributed by atoms with Crippen LogP contribution in [0.2, 0.25) is 0 Å². The lowest BCUT2D eigenvalue weighted by Crippen LogP contribution is -2.11. The number of ether oxygens (including phenoxy) is 8. The van der Waals surface area contributed by atoms with Gasteiger partial charge in [-0.3, -0.25) is 30.2 Å². The monoisotopic (exact) mass is 1320 g/mol. The summed E-state index contributed by atoms with van der Waals surface area (Å²) < 4.78 is 55.4. The Hall–Kier alpha value is -9.70. The molecule has 2 aliphatic heterocycles. The lowest BCUT2D eigenvalue weighted by molar-refractivity contribution is -0.385. The molecule has 16 heteroatoms. The Kier molecular flexibility index (Phi) is 23.5. The highest BCUT2D eigenvalue weighted by Crippen LogP contribution is 2.46. The molecule has 0 radical (unpaired) electrons. The SMILES string of the molecule is CCCOc1c2cccc1Cc1cc3cc(c1OCCC)Cc1cccc(c1OCCC)Cc1cc(cc(c1OCCC)C2)N=Cc1cc2c(OCCC)c(c1)Cc1cc([N+](=O)[O-])cc(c1OCCC)Cc1cc(cc(c1OCCC)Cc1cc([N+](=O)[O-])cc(c1OCCC)C2)C=N3. The number of nitro benzene ring substituents is 2. The number of aliphatic imine (C=N–C) groups is 2. The van der Waals surface area contributed by atoms with Gasteiger partial charge in [-0.25, -0.2) is 0 Å². The van der Waals surface area contributed by atoms with Crippen LogP contribution in [0.1, 0.15) is 207 Å². The van der Waals surface area contributed by atoms with E-state index in [0.717, 1.165) is 93.2 Å². The average molecular weight is 1330 g/mol. The molecule has 0 fully saturated rings. The van der Waals surface area contributed by atoms with Crippen LogP contribution in [-0.4, -0.2) is 75.1 Å². The maximum Gasteiger partial charge on any atom is 0.270 e. The number of hydrogen-bond donors (Lipinski definition) is 0. The first-order valence-electron chi connectivity index (χ1n) is 35.4. The van der Waals surface area contributed by atoms with Crippen LogP contribution in [0.4, 0.5) is 22.7 Å². The number of para-hydroxylation sites is 2. The average Bonchev–Trinajstić information content (AvgIpc) is 0.807. The first-order valence-corrected chi connectivity index (χ1v) is 35.4. The number of nitrogens with zero attached hydrogens (tertiary/aromatic N) is 4. The van der Waals surface area contributed by atoms with Gasteiger partial charge < -0.3 is 37.9 Å². The van der Waals surface area contributed by atoms with E-state index in [4.69, 9.17) is 47.9 Å². The molecule has 0 saturated carbocycles. The van der Waals surface area contributed by atoms with Gasteiger partial charge >= 0.3 is 0 Å². The van der Waals surface area contributed by atoms with Gasteiger partial charge in [0.2, 0.25) is 0 Å². The smallest absolute Gasteiger partial charge is 0.270 e. The minimum absolute atomic E-state index is 0.0921. The van der Waals surface area contributed by atoms with Crippen LogP contribution in [-0.2, 0) is 51.4 Å². The molecule has 98 heavy (non-hydrogen) atoms. The van der Waals surface area contributed by atoms with Crippen molar-refractivity contribution in [1.82, 2.24) is 0 Å². The summed E-state index contributed by atoms with van der Waals surface area (Å²) in [5, 5.41) is 26.8. The fourth-order valence-electron chi connectivity index (χ4n) is 13.5. The van der Waals surface area contributed by atoms with Gasteiger partial charge in [-0.1, -0.05) is 91.8 Å². The third-order valence-corrected chi connectivity index (χ3v) is 17.6. The van der Waals surface area contributed by atoms with E-state index in [-0.39, 0.29) is 46.9 Å². The molecular weight excluding hydrogens is 1230 g/mol. The van der Waals surface area contributed by atoms with Crippen LogP contribution < -0.4 is 37.9 Å². The summed E-state index contributed by atoms with van der Waals surface area (Å²) in [4.78, 5) is 37.0. The molecule has 0 N–H and O–H groups in total. The van der Waals surface area contributed by atoms with E-state index < -0.39 is 0 Å². The second-order valence-electron chi connectivity index (χ2n) is 25.8. The Labute approximate surface area is 576 Å². The zero-order valence-electron chi connectivity index (χ0n) is 58.2. The molecule has 4 aliphatic rings.